The van der Waals surface area contributed by atoms with Crippen LogP contribution in [0, 0.1) is 5.92 Å². The lowest BCUT2D eigenvalue weighted by Crippen LogP contribution is -2.31. The number of fused-ring (bicyclic) bond motifs is 1. The average Bonchev–Trinajstić information content (AvgIpc) is 2.53. The summed E-state index contributed by atoms with van der Waals surface area (Å²) in [6.45, 7) is 3.48. The number of esters is 1. The number of anilines is 1. The number of rotatable bonds is 8. The van der Waals surface area contributed by atoms with Crippen molar-refractivity contribution in [3.8, 4) is 0 Å². The van der Waals surface area contributed by atoms with E-state index in [2.05, 4.69) is 24.4 Å². The first-order chi connectivity index (χ1) is 10.3. The highest BCUT2D eigenvalue weighted by Gasteiger charge is 2.25. The summed E-state index contributed by atoms with van der Waals surface area (Å²) in [4.78, 5) is 12.1. The number of para-hydroxylation sites is 1. The van der Waals surface area contributed by atoms with E-state index in [0.717, 1.165) is 18.5 Å². The Kier molecular flexibility index (Phi) is 6.58. The largest absolute Gasteiger partial charge is 0.465 e. The molecule has 21 heavy (non-hydrogen) atoms. The van der Waals surface area contributed by atoms with Crippen LogP contribution in [-0.2, 0) is 16.0 Å². The third-order valence-corrected chi connectivity index (χ3v) is 4.10. The molecule has 1 N–H and O–H groups in total. The minimum Gasteiger partial charge on any atom is -0.465 e. The zero-order valence-electron chi connectivity index (χ0n) is 13.1. The minimum absolute atomic E-state index is 0.0417. The van der Waals surface area contributed by atoms with Crippen molar-refractivity contribution in [2.75, 3.05) is 18.5 Å². The van der Waals surface area contributed by atoms with Crippen molar-refractivity contribution in [2.45, 2.75) is 51.9 Å². The van der Waals surface area contributed by atoms with Gasteiger partial charge >= 0.3 is 5.97 Å². The summed E-state index contributed by atoms with van der Waals surface area (Å²) in [6.07, 6.45) is 8.08. The van der Waals surface area contributed by atoms with Crippen LogP contribution in [0.1, 0.15) is 51.0 Å². The van der Waals surface area contributed by atoms with Crippen LogP contribution < -0.4 is 5.32 Å². The number of nitrogens with one attached hydrogen (secondary N) is 1. The summed E-state index contributed by atoms with van der Waals surface area (Å²) in [6, 6.07) is 8.18. The maximum atomic E-state index is 12.1. The molecule has 3 heteroatoms. The Bertz CT molecular complexity index is 445. The molecule has 1 aliphatic heterocycles. The van der Waals surface area contributed by atoms with Crippen LogP contribution in [0.3, 0.4) is 0 Å². The highest BCUT2D eigenvalue weighted by atomic mass is 16.5. The lowest BCUT2D eigenvalue weighted by Gasteiger charge is -2.24. The topological polar surface area (TPSA) is 38.3 Å². The van der Waals surface area contributed by atoms with Crippen LogP contribution in [0.15, 0.2) is 24.3 Å². The van der Waals surface area contributed by atoms with Gasteiger partial charge in [-0.1, -0.05) is 57.2 Å². The highest BCUT2D eigenvalue weighted by molar-refractivity contribution is 5.75. The number of hydrogen-bond donors (Lipinski definition) is 1. The van der Waals surface area contributed by atoms with Gasteiger partial charge in [0.15, 0.2) is 0 Å². The Morgan fingerprint density at radius 3 is 2.81 bits per heavy atom. The molecule has 0 aliphatic carbocycles. The van der Waals surface area contributed by atoms with Gasteiger partial charge in [-0.2, -0.15) is 0 Å². The van der Waals surface area contributed by atoms with E-state index < -0.39 is 0 Å². The molecular formula is C18H27NO2. The molecule has 1 heterocycles. The molecule has 116 valence electrons. The minimum atomic E-state index is -0.0504. The number of unbranched alkanes of at least 4 members (excludes halogenated alkanes) is 5. The molecule has 0 saturated carbocycles. The molecule has 3 nitrogen and oxygen atoms in total. The summed E-state index contributed by atoms with van der Waals surface area (Å²) in [5.41, 5.74) is 2.36. The number of carbonyl (C=O) groups excluding carboxylic acids is 1. The van der Waals surface area contributed by atoms with Crippen molar-refractivity contribution in [1.29, 1.82) is 0 Å². The van der Waals surface area contributed by atoms with Crippen molar-refractivity contribution < 1.29 is 9.53 Å². The van der Waals surface area contributed by atoms with E-state index in [1.165, 1.54) is 37.7 Å². The summed E-state index contributed by atoms with van der Waals surface area (Å²) < 4.78 is 5.42. The van der Waals surface area contributed by atoms with Gasteiger partial charge in [0.25, 0.3) is 0 Å². The molecule has 0 bridgehead atoms. The van der Waals surface area contributed by atoms with Gasteiger partial charge in [-0.05, 0) is 24.5 Å². The number of carbonyl (C=O) groups is 1. The molecule has 1 aliphatic rings. The third-order valence-electron chi connectivity index (χ3n) is 4.10. The first-order valence-corrected chi connectivity index (χ1v) is 8.29. The molecule has 1 aromatic carbocycles. The van der Waals surface area contributed by atoms with Crippen molar-refractivity contribution in [3.63, 3.8) is 0 Å². The standard InChI is InChI=1S/C18H27NO2/c1-2-3-4-5-6-9-12-21-18(20)16-13-15-10-7-8-11-17(15)19-14-16/h7-8,10-11,16,19H,2-6,9,12-14H2,1H3. The second-order valence-corrected chi connectivity index (χ2v) is 5.87. The molecule has 2 rings (SSSR count). The van der Waals surface area contributed by atoms with Gasteiger partial charge in [-0.15, -0.1) is 0 Å². The quantitative estimate of drug-likeness (QED) is 0.576. The first-order valence-electron chi connectivity index (χ1n) is 8.29. The van der Waals surface area contributed by atoms with E-state index >= 15 is 0 Å². The zero-order valence-corrected chi connectivity index (χ0v) is 13.1. The number of benzene rings is 1. The lowest BCUT2D eigenvalue weighted by atomic mass is 9.94. The van der Waals surface area contributed by atoms with Gasteiger partial charge in [-0.25, -0.2) is 0 Å². The Balaban J connectivity index is 1.64. The van der Waals surface area contributed by atoms with Gasteiger partial charge in [0.05, 0.1) is 12.5 Å². The second kappa shape index (κ2) is 8.71. The molecular weight excluding hydrogens is 262 g/mol. The average molecular weight is 289 g/mol. The third kappa shape index (κ3) is 5.07. The van der Waals surface area contributed by atoms with Crippen molar-refractivity contribution >= 4 is 11.7 Å². The van der Waals surface area contributed by atoms with Crippen LogP contribution in [0.5, 0.6) is 0 Å². The Labute approximate surface area is 128 Å². The summed E-state index contributed by atoms with van der Waals surface area (Å²) >= 11 is 0. The fourth-order valence-electron chi connectivity index (χ4n) is 2.78. The molecule has 0 saturated heterocycles. The predicted molar refractivity (Wildman–Crippen MR) is 86.5 cm³/mol. The maximum absolute atomic E-state index is 12.1. The molecule has 0 spiro atoms. The van der Waals surface area contributed by atoms with Crippen LogP contribution in [0.2, 0.25) is 0 Å². The molecule has 0 fully saturated rings. The van der Waals surface area contributed by atoms with Gasteiger partial charge in [0.2, 0.25) is 0 Å². The van der Waals surface area contributed by atoms with Crippen LogP contribution >= 0.6 is 0 Å². The highest BCUT2D eigenvalue weighted by Crippen LogP contribution is 2.24. The Hall–Kier alpha value is -1.51. The van der Waals surface area contributed by atoms with E-state index in [-0.39, 0.29) is 11.9 Å². The van der Waals surface area contributed by atoms with Gasteiger partial charge in [0, 0.05) is 12.2 Å². The maximum Gasteiger partial charge on any atom is 0.311 e. The number of ether oxygens (including phenoxy) is 1. The van der Waals surface area contributed by atoms with Crippen LogP contribution in [0.25, 0.3) is 0 Å². The fraction of sp³-hybridized carbons (Fsp3) is 0.611. The molecule has 1 aromatic rings. The van der Waals surface area contributed by atoms with E-state index in [1.807, 2.05) is 12.1 Å². The lowest BCUT2D eigenvalue weighted by molar-refractivity contribution is -0.148. The normalized spacial score (nSPS) is 16.9. The van der Waals surface area contributed by atoms with Gasteiger partial charge < -0.3 is 10.1 Å². The van der Waals surface area contributed by atoms with E-state index in [0.29, 0.717) is 13.2 Å². The molecule has 0 radical (unpaired) electrons. The Morgan fingerprint density at radius 1 is 1.19 bits per heavy atom. The SMILES string of the molecule is CCCCCCCCOC(=O)C1CNc2ccccc2C1. The smallest absolute Gasteiger partial charge is 0.311 e. The van der Waals surface area contributed by atoms with Gasteiger partial charge in [-0.3, -0.25) is 4.79 Å². The predicted octanol–water partition coefficient (Wildman–Crippen LogP) is 4.17. The van der Waals surface area contributed by atoms with Crippen molar-refractivity contribution in [1.82, 2.24) is 0 Å². The number of hydrogen-bond acceptors (Lipinski definition) is 3. The fourth-order valence-corrected chi connectivity index (χ4v) is 2.78. The molecule has 0 aromatic heterocycles. The van der Waals surface area contributed by atoms with Crippen molar-refractivity contribution in [3.05, 3.63) is 29.8 Å². The van der Waals surface area contributed by atoms with Crippen LogP contribution in [-0.4, -0.2) is 19.1 Å². The van der Waals surface area contributed by atoms with Gasteiger partial charge in [0.1, 0.15) is 0 Å². The van der Waals surface area contributed by atoms with Crippen molar-refractivity contribution in [2.24, 2.45) is 5.92 Å². The Morgan fingerprint density at radius 2 is 1.95 bits per heavy atom. The first kappa shape index (κ1) is 15.9. The molecule has 1 atom stereocenters. The monoisotopic (exact) mass is 289 g/mol. The van der Waals surface area contributed by atoms with E-state index in [1.54, 1.807) is 0 Å². The van der Waals surface area contributed by atoms with Crippen LogP contribution in [0.4, 0.5) is 5.69 Å². The summed E-state index contributed by atoms with van der Waals surface area (Å²) in [5.74, 6) is -0.0921. The van der Waals surface area contributed by atoms with E-state index in [9.17, 15) is 4.79 Å². The summed E-state index contributed by atoms with van der Waals surface area (Å²) in [7, 11) is 0. The zero-order chi connectivity index (χ0) is 14.9. The summed E-state index contributed by atoms with van der Waals surface area (Å²) in [5, 5.41) is 3.32. The second-order valence-electron chi connectivity index (χ2n) is 5.87. The molecule has 1 unspecified atom stereocenters. The van der Waals surface area contributed by atoms with E-state index in [4.69, 9.17) is 4.74 Å². The molecule has 0 amide bonds.